The van der Waals surface area contributed by atoms with Crippen LogP contribution < -0.4 is 16.0 Å². The van der Waals surface area contributed by atoms with E-state index >= 15 is 0 Å². The summed E-state index contributed by atoms with van der Waals surface area (Å²) in [5.41, 5.74) is 0.580. The molecule has 0 aliphatic carbocycles. The Kier molecular flexibility index (Phi) is 5.90. The lowest BCUT2D eigenvalue weighted by atomic mass is 10.3. The van der Waals surface area contributed by atoms with Crippen LogP contribution in [0, 0.1) is 6.92 Å². The Morgan fingerprint density at radius 1 is 1.28 bits per heavy atom. The van der Waals surface area contributed by atoms with E-state index in [1.54, 1.807) is 19.1 Å². The highest BCUT2D eigenvalue weighted by Crippen LogP contribution is 2.27. The number of nitrogens with one attached hydrogen (secondary N) is 3. The van der Waals surface area contributed by atoms with Crippen LogP contribution in [-0.4, -0.2) is 37.5 Å². The first-order valence-corrected chi connectivity index (χ1v) is 7.86. The van der Waals surface area contributed by atoms with E-state index in [4.69, 9.17) is 9.15 Å². The Morgan fingerprint density at radius 3 is 2.68 bits per heavy atom. The van der Waals surface area contributed by atoms with Crippen LogP contribution in [0.2, 0.25) is 0 Å². The summed E-state index contributed by atoms with van der Waals surface area (Å²) < 4.78 is 9.84. The minimum Gasteiger partial charge on any atom is -0.459 e. The van der Waals surface area contributed by atoms with Crippen molar-refractivity contribution in [1.29, 1.82) is 0 Å². The molecule has 132 valence electrons. The lowest BCUT2D eigenvalue weighted by molar-refractivity contribution is -0.123. The number of ether oxygens (including phenoxy) is 1. The molecule has 0 atom stereocenters. The molecule has 9 nitrogen and oxygen atoms in total. The average Bonchev–Trinajstić information content (AvgIpc) is 3.22. The zero-order chi connectivity index (χ0) is 18.4. The number of furan rings is 1. The molecule has 0 spiro atoms. The average molecular weight is 365 g/mol. The summed E-state index contributed by atoms with van der Waals surface area (Å²) in [5, 5.41) is 7.20. The lowest BCUT2D eigenvalue weighted by Crippen LogP contribution is -2.39. The van der Waals surface area contributed by atoms with Crippen molar-refractivity contribution in [3.8, 4) is 0 Å². The van der Waals surface area contributed by atoms with Gasteiger partial charge in [0.05, 0.1) is 11.3 Å². The highest BCUT2D eigenvalue weighted by Gasteiger charge is 2.19. The third-order valence-electron chi connectivity index (χ3n) is 2.90. The van der Waals surface area contributed by atoms with Gasteiger partial charge in [0.25, 0.3) is 11.8 Å². The first-order valence-electron chi connectivity index (χ1n) is 7.04. The van der Waals surface area contributed by atoms with Gasteiger partial charge in [-0.25, -0.2) is 9.59 Å². The maximum absolute atomic E-state index is 12.0. The van der Waals surface area contributed by atoms with E-state index in [1.807, 2.05) is 5.32 Å². The second-order valence-corrected chi connectivity index (χ2v) is 5.81. The number of anilines is 1. The fraction of sp³-hybridized carbons (Fsp3) is 0.200. The van der Waals surface area contributed by atoms with Gasteiger partial charge in [0.15, 0.2) is 12.4 Å². The van der Waals surface area contributed by atoms with Gasteiger partial charge in [0, 0.05) is 7.05 Å². The molecule has 0 bridgehead atoms. The quantitative estimate of drug-likeness (QED) is 0.690. The minimum atomic E-state index is -0.756. The van der Waals surface area contributed by atoms with Crippen LogP contribution in [0.1, 0.15) is 25.8 Å². The van der Waals surface area contributed by atoms with Crippen molar-refractivity contribution in [1.82, 2.24) is 10.6 Å². The normalized spacial score (nSPS) is 10.0. The fourth-order valence-electron chi connectivity index (χ4n) is 1.75. The second kappa shape index (κ2) is 8.11. The smallest absolute Gasteiger partial charge is 0.349 e. The molecule has 25 heavy (non-hydrogen) atoms. The van der Waals surface area contributed by atoms with Crippen LogP contribution in [0.3, 0.4) is 0 Å². The Balaban J connectivity index is 1.94. The molecule has 0 aliphatic rings. The van der Waals surface area contributed by atoms with Gasteiger partial charge < -0.3 is 19.8 Å². The first-order chi connectivity index (χ1) is 11.9. The number of hydrogen-bond acceptors (Lipinski definition) is 7. The summed E-state index contributed by atoms with van der Waals surface area (Å²) in [7, 11) is 1.35. The molecule has 2 aromatic heterocycles. The van der Waals surface area contributed by atoms with Crippen LogP contribution in [0.15, 0.2) is 28.9 Å². The minimum absolute atomic E-state index is 0.140. The number of hydrogen-bond donors (Lipinski definition) is 3. The zero-order valence-electron chi connectivity index (χ0n) is 13.4. The summed E-state index contributed by atoms with van der Waals surface area (Å²) in [5.74, 6) is -1.79. The number of carbonyl (C=O) groups is 4. The van der Waals surface area contributed by atoms with E-state index in [0.29, 0.717) is 10.6 Å². The van der Waals surface area contributed by atoms with Crippen molar-refractivity contribution in [3.63, 3.8) is 0 Å². The van der Waals surface area contributed by atoms with Gasteiger partial charge in [-0.1, -0.05) is 0 Å². The van der Waals surface area contributed by atoms with Crippen molar-refractivity contribution < 1.29 is 28.3 Å². The van der Waals surface area contributed by atoms with E-state index in [9.17, 15) is 19.2 Å². The monoisotopic (exact) mass is 365 g/mol. The molecule has 0 radical (unpaired) electrons. The number of carbonyl (C=O) groups excluding carboxylic acids is 4. The highest BCUT2D eigenvalue weighted by molar-refractivity contribution is 7.18. The molecule has 10 heteroatoms. The van der Waals surface area contributed by atoms with Crippen LogP contribution in [-0.2, 0) is 9.53 Å². The number of aryl methyl sites for hydroxylation is 1. The molecule has 2 aromatic rings. The Bertz CT molecular complexity index is 796. The van der Waals surface area contributed by atoms with Crippen molar-refractivity contribution in [2.24, 2.45) is 0 Å². The van der Waals surface area contributed by atoms with Gasteiger partial charge in [-0.3, -0.25) is 14.9 Å². The molecule has 0 saturated heterocycles. The second-order valence-electron chi connectivity index (χ2n) is 4.76. The number of urea groups is 1. The predicted octanol–water partition coefficient (Wildman–Crippen LogP) is 1.51. The molecule has 2 heterocycles. The lowest BCUT2D eigenvalue weighted by Gasteiger charge is -2.04. The van der Waals surface area contributed by atoms with E-state index in [-0.39, 0.29) is 10.6 Å². The van der Waals surface area contributed by atoms with Gasteiger partial charge in [-0.15, -0.1) is 11.3 Å². The van der Waals surface area contributed by atoms with Crippen LogP contribution >= 0.6 is 11.3 Å². The van der Waals surface area contributed by atoms with Gasteiger partial charge in [0.2, 0.25) is 0 Å². The Labute approximate surface area is 146 Å². The standard InChI is InChI=1S/C15H15N3O6S/c1-8-6-11(18-13(20)9-4-3-5-23-9)25-12(8)14(21)24-7-10(19)17-15(22)16-2/h3-6H,7H2,1-2H3,(H,18,20)(H2,16,17,19,22). The van der Waals surface area contributed by atoms with Crippen molar-refractivity contribution in [3.05, 3.63) is 40.7 Å². The number of esters is 1. The number of thiophene rings is 1. The van der Waals surface area contributed by atoms with Gasteiger partial charge in [-0.05, 0) is 30.7 Å². The Hall–Kier alpha value is -3.14. The molecule has 2 rings (SSSR count). The molecular formula is C15H15N3O6S. The van der Waals surface area contributed by atoms with Crippen LogP contribution in [0.25, 0.3) is 0 Å². The molecule has 0 aliphatic heterocycles. The fourth-order valence-corrected chi connectivity index (χ4v) is 2.71. The van der Waals surface area contributed by atoms with Gasteiger partial charge >= 0.3 is 12.0 Å². The topological polar surface area (TPSA) is 127 Å². The highest BCUT2D eigenvalue weighted by atomic mass is 32.1. The van der Waals surface area contributed by atoms with Gasteiger partial charge in [-0.2, -0.15) is 0 Å². The maximum atomic E-state index is 12.0. The SMILES string of the molecule is CNC(=O)NC(=O)COC(=O)c1sc(NC(=O)c2ccco2)cc1C. The summed E-state index contributed by atoms with van der Waals surface area (Å²) in [6.45, 7) is 1.07. The zero-order valence-corrected chi connectivity index (χ0v) is 14.2. The van der Waals surface area contributed by atoms with Crippen molar-refractivity contribution >= 4 is 40.2 Å². The molecule has 3 N–H and O–H groups in total. The van der Waals surface area contributed by atoms with E-state index in [0.717, 1.165) is 11.3 Å². The third-order valence-corrected chi connectivity index (χ3v) is 4.03. The molecule has 0 fully saturated rings. The maximum Gasteiger partial charge on any atom is 0.349 e. The molecule has 4 amide bonds. The molecule has 0 saturated carbocycles. The van der Waals surface area contributed by atoms with Gasteiger partial charge in [0.1, 0.15) is 4.88 Å². The van der Waals surface area contributed by atoms with E-state index in [2.05, 4.69) is 10.6 Å². The van der Waals surface area contributed by atoms with Crippen molar-refractivity contribution in [2.75, 3.05) is 19.0 Å². The summed E-state index contributed by atoms with van der Waals surface area (Å²) >= 11 is 1.00. The van der Waals surface area contributed by atoms with Crippen LogP contribution in [0.5, 0.6) is 0 Å². The van der Waals surface area contributed by atoms with Crippen LogP contribution in [0.4, 0.5) is 9.80 Å². The third kappa shape index (κ3) is 4.91. The van der Waals surface area contributed by atoms with E-state index < -0.39 is 30.4 Å². The first kappa shape index (κ1) is 18.2. The number of amides is 4. The largest absolute Gasteiger partial charge is 0.459 e. The summed E-state index contributed by atoms with van der Waals surface area (Å²) in [4.78, 5) is 46.5. The number of rotatable bonds is 5. The molecule has 0 unspecified atom stereocenters. The summed E-state index contributed by atoms with van der Waals surface area (Å²) in [6, 6.07) is 4.00. The van der Waals surface area contributed by atoms with Crippen molar-refractivity contribution in [2.45, 2.75) is 6.92 Å². The Morgan fingerprint density at radius 2 is 2.04 bits per heavy atom. The molecule has 0 aromatic carbocycles. The van der Waals surface area contributed by atoms with E-state index in [1.165, 1.54) is 19.4 Å². The predicted molar refractivity (Wildman–Crippen MR) is 88.6 cm³/mol. The number of imide groups is 1. The molecular weight excluding hydrogens is 350 g/mol. The summed E-state index contributed by atoms with van der Waals surface area (Å²) in [6.07, 6.45) is 1.38.